The molecule has 0 bridgehead atoms. The van der Waals surface area contributed by atoms with Crippen molar-refractivity contribution in [3.63, 3.8) is 0 Å². The van der Waals surface area contributed by atoms with Crippen LogP contribution in [0.2, 0.25) is 0 Å². The summed E-state index contributed by atoms with van der Waals surface area (Å²) < 4.78 is 10.7. The molecule has 33 heavy (non-hydrogen) atoms. The maximum atomic E-state index is 13.0. The maximum absolute atomic E-state index is 13.0. The third kappa shape index (κ3) is 4.85. The van der Waals surface area contributed by atoms with Crippen molar-refractivity contribution in [2.45, 2.75) is 24.8 Å². The number of ether oxygens (including phenoxy) is 2. The van der Waals surface area contributed by atoms with Crippen LogP contribution in [0.4, 0.5) is 4.79 Å². The molecule has 0 spiro atoms. The molecule has 2 amide bonds. The average Bonchev–Trinajstić information content (AvgIpc) is 3.16. The number of piperidine rings is 1. The summed E-state index contributed by atoms with van der Waals surface area (Å²) >= 11 is 0. The van der Waals surface area contributed by atoms with Crippen LogP contribution in [0.5, 0.6) is 0 Å². The lowest BCUT2D eigenvalue weighted by molar-refractivity contribution is -0.146. The molecule has 0 radical (unpaired) electrons. The van der Waals surface area contributed by atoms with E-state index in [1.165, 1.54) is 12.0 Å². The first-order chi connectivity index (χ1) is 16.0. The van der Waals surface area contributed by atoms with Gasteiger partial charge in [0.05, 0.1) is 12.5 Å². The summed E-state index contributed by atoms with van der Waals surface area (Å²) in [6.07, 6.45) is 0.431. The number of carbonyl (C=O) groups is 3. The number of benzene rings is 2. The molecule has 0 saturated carbocycles. The predicted molar refractivity (Wildman–Crippen MR) is 121 cm³/mol. The second kappa shape index (κ2) is 10.0. The van der Waals surface area contributed by atoms with Crippen molar-refractivity contribution in [3.05, 3.63) is 59.7 Å². The van der Waals surface area contributed by atoms with Crippen molar-refractivity contribution in [2.24, 2.45) is 5.92 Å². The van der Waals surface area contributed by atoms with Gasteiger partial charge in [0, 0.05) is 26.1 Å². The van der Waals surface area contributed by atoms with Gasteiger partial charge in [-0.1, -0.05) is 48.5 Å². The first-order valence-corrected chi connectivity index (χ1v) is 11.1. The Bertz CT molecular complexity index is 994. The molecule has 1 heterocycles. The molecule has 2 aromatic rings. The Kier molecular flexibility index (Phi) is 6.93. The lowest BCUT2D eigenvalue weighted by Crippen LogP contribution is -2.54. The molecule has 4 rings (SSSR count). The zero-order valence-corrected chi connectivity index (χ0v) is 18.5. The Balaban J connectivity index is 1.40. The van der Waals surface area contributed by atoms with Crippen LogP contribution in [0.15, 0.2) is 48.5 Å². The highest BCUT2D eigenvalue weighted by atomic mass is 16.5. The maximum Gasteiger partial charge on any atom is 0.407 e. The van der Waals surface area contributed by atoms with Gasteiger partial charge in [-0.25, -0.2) is 4.79 Å². The highest BCUT2D eigenvalue weighted by Crippen LogP contribution is 2.44. The van der Waals surface area contributed by atoms with Crippen molar-refractivity contribution in [1.82, 2.24) is 10.2 Å². The van der Waals surface area contributed by atoms with Crippen LogP contribution in [-0.2, 0) is 19.1 Å². The van der Waals surface area contributed by atoms with E-state index in [-0.39, 0.29) is 31.6 Å². The van der Waals surface area contributed by atoms with Crippen molar-refractivity contribution in [1.29, 1.82) is 0 Å². The van der Waals surface area contributed by atoms with Gasteiger partial charge in [-0.2, -0.15) is 0 Å². The van der Waals surface area contributed by atoms with Gasteiger partial charge in [0.25, 0.3) is 0 Å². The largest absolute Gasteiger partial charge is 0.481 e. The number of hydrogen-bond acceptors (Lipinski definition) is 5. The van der Waals surface area contributed by atoms with Crippen molar-refractivity contribution in [3.8, 4) is 11.1 Å². The van der Waals surface area contributed by atoms with Crippen LogP contribution in [0, 0.1) is 5.92 Å². The van der Waals surface area contributed by atoms with E-state index in [4.69, 9.17) is 9.47 Å². The fourth-order valence-corrected chi connectivity index (χ4v) is 4.72. The smallest absolute Gasteiger partial charge is 0.407 e. The van der Waals surface area contributed by atoms with E-state index in [0.29, 0.717) is 19.4 Å². The number of aliphatic carboxylic acids is 1. The number of nitrogens with zero attached hydrogens (tertiary/aromatic N) is 1. The van der Waals surface area contributed by atoms with E-state index >= 15 is 0 Å². The number of carboxylic acid groups (broad SMARTS) is 1. The SMILES string of the molecule is COC[C@H](NC(=O)OCC1c2ccccc2-c2ccccc21)C(=O)N1CCCC(C(=O)O)C1. The molecule has 1 unspecified atom stereocenters. The molecular weight excluding hydrogens is 424 g/mol. The Morgan fingerprint density at radius 1 is 1.09 bits per heavy atom. The summed E-state index contributed by atoms with van der Waals surface area (Å²) in [5.41, 5.74) is 4.47. The molecule has 8 nitrogen and oxygen atoms in total. The Labute approximate surface area is 192 Å². The summed E-state index contributed by atoms with van der Waals surface area (Å²) in [5.74, 6) is -1.96. The zero-order valence-electron chi connectivity index (χ0n) is 18.5. The van der Waals surface area contributed by atoms with Gasteiger partial charge in [0.2, 0.25) is 5.91 Å². The van der Waals surface area contributed by atoms with E-state index in [2.05, 4.69) is 17.4 Å². The molecule has 1 saturated heterocycles. The lowest BCUT2D eigenvalue weighted by atomic mass is 9.98. The molecule has 1 aliphatic heterocycles. The third-order valence-electron chi connectivity index (χ3n) is 6.35. The minimum atomic E-state index is -0.946. The van der Waals surface area contributed by atoms with E-state index in [0.717, 1.165) is 22.3 Å². The number of alkyl carbamates (subject to hydrolysis) is 1. The van der Waals surface area contributed by atoms with Gasteiger partial charge in [0.15, 0.2) is 0 Å². The Hall–Kier alpha value is -3.39. The van der Waals surface area contributed by atoms with Gasteiger partial charge in [0.1, 0.15) is 12.6 Å². The average molecular weight is 453 g/mol. The minimum Gasteiger partial charge on any atom is -0.481 e. The standard InChI is InChI=1S/C25H28N2O6/c1-32-15-22(23(28)27-12-6-7-16(13-27)24(29)30)26-25(31)33-14-21-19-10-4-2-8-17(19)18-9-3-5-11-20(18)21/h2-5,8-11,16,21-22H,6-7,12-15H2,1H3,(H,26,31)(H,29,30)/t16?,22-/m0/s1. The highest BCUT2D eigenvalue weighted by Gasteiger charge is 2.33. The second-order valence-corrected chi connectivity index (χ2v) is 8.44. The number of methoxy groups -OCH3 is 1. The Morgan fingerprint density at radius 2 is 1.73 bits per heavy atom. The minimum absolute atomic E-state index is 0.0305. The number of carboxylic acids is 1. The van der Waals surface area contributed by atoms with Crippen LogP contribution in [0.25, 0.3) is 11.1 Å². The molecule has 0 aromatic heterocycles. The van der Waals surface area contributed by atoms with E-state index < -0.39 is 24.0 Å². The van der Waals surface area contributed by atoms with E-state index in [9.17, 15) is 19.5 Å². The van der Waals surface area contributed by atoms with Gasteiger partial charge < -0.3 is 24.8 Å². The first-order valence-electron chi connectivity index (χ1n) is 11.1. The topological polar surface area (TPSA) is 105 Å². The molecule has 2 atom stereocenters. The normalized spacial score (nSPS) is 18.2. The summed E-state index contributed by atoms with van der Waals surface area (Å²) in [7, 11) is 1.44. The van der Waals surface area contributed by atoms with Gasteiger partial charge in [-0.3, -0.25) is 9.59 Å². The zero-order chi connectivity index (χ0) is 23.4. The monoisotopic (exact) mass is 452 g/mol. The molecular formula is C25H28N2O6. The molecule has 174 valence electrons. The first kappa shape index (κ1) is 22.8. The molecule has 8 heteroatoms. The van der Waals surface area contributed by atoms with Crippen LogP contribution in [0.3, 0.4) is 0 Å². The number of carbonyl (C=O) groups excluding carboxylic acids is 2. The molecule has 2 aromatic carbocycles. The molecule has 2 aliphatic rings. The van der Waals surface area contributed by atoms with Crippen LogP contribution in [-0.4, -0.2) is 67.4 Å². The van der Waals surface area contributed by atoms with Crippen molar-refractivity contribution in [2.75, 3.05) is 33.4 Å². The molecule has 1 fully saturated rings. The fourth-order valence-electron chi connectivity index (χ4n) is 4.72. The number of rotatable bonds is 7. The second-order valence-electron chi connectivity index (χ2n) is 8.44. The number of nitrogens with one attached hydrogen (secondary N) is 1. The lowest BCUT2D eigenvalue weighted by Gasteiger charge is -2.33. The Morgan fingerprint density at radius 3 is 2.33 bits per heavy atom. The summed E-state index contributed by atoms with van der Waals surface area (Å²) in [6, 6.07) is 15.2. The summed E-state index contributed by atoms with van der Waals surface area (Å²) in [6.45, 7) is 0.686. The van der Waals surface area contributed by atoms with Crippen LogP contribution in [0.1, 0.15) is 29.9 Å². The number of fused-ring (bicyclic) bond motifs is 3. The quantitative estimate of drug-likeness (QED) is 0.669. The molecule has 2 N–H and O–H groups in total. The third-order valence-corrected chi connectivity index (χ3v) is 6.35. The molecule has 1 aliphatic carbocycles. The number of hydrogen-bond donors (Lipinski definition) is 2. The van der Waals surface area contributed by atoms with E-state index in [1.54, 1.807) is 0 Å². The van der Waals surface area contributed by atoms with Gasteiger partial charge in [-0.05, 0) is 35.1 Å². The van der Waals surface area contributed by atoms with E-state index in [1.807, 2.05) is 36.4 Å². The predicted octanol–water partition coefficient (Wildman–Crippen LogP) is 2.86. The number of amides is 2. The summed E-state index contributed by atoms with van der Waals surface area (Å²) in [5, 5.41) is 11.9. The van der Waals surface area contributed by atoms with Crippen LogP contribution < -0.4 is 5.32 Å². The highest BCUT2D eigenvalue weighted by molar-refractivity contribution is 5.86. The van der Waals surface area contributed by atoms with Gasteiger partial charge >= 0.3 is 12.1 Å². The summed E-state index contributed by atoms with van der Waals surface area (Å²) in [4.78, 5) is 38.4. The van der Waals surface area contributed by atoms with Crippen molar-refractivity contribution < 1.29 is 29.0 Å². The van der Waals surface area contributed by atoms with Gasteiger partial charge in [-0.15, -0.1) is 0 Å². The fraction of sp³-hybridized carbons (Fsp3) is 0.400. The van der Waals surface area contributed by atoms with Crippen LogP contribution >= 0.6 is 0 Å². The number of likely N-dealkylation sites (tertiary alicyclic amines) is 1. The van der Waals surface area contributed by atoms with Crippen molar-refractivity contribution >= 4 is 18.0 Å².